The minimum absolute atomic E-state index is 0.0637. The third-order valence-electron chi connectivity index (χ3n) is 3.96. The number of fused-ring (bicyclic) bond motifs is 1. The van der Waals surface area contributed by atoms with E-state index in [1.165, 1.54) is 0 Å². The van der Waals surface area contributed by atoms with Gasteiger partial charge in [-0.2, -0.15) is 4.73 Å². The van der Waals surface area contributed by atoms with Crippen molar-refractivity contribution in [2.45, 2.75) is 0 Å². The molecule has 1 N–H and O–H groups in total. The fourth-order valence-corrected chi connectivity index (χ4v) is 2.74. The second-order valence-corrected chi connectivity index (χ2v) is 5.51. The maximum atomic E-state index is 12.6. The summed E-state index contributed by atoms with van der Waals surface area (Å²) in [7, 11) is 0. The van der Waals surface area contributed by atoms with Crippen LogP contribution in [0.25, 0.3) is 22.4 Å². The first kappa shape index (κ1) is 14.2. The Morgan fingerprint density at radius 1 is 0.833 bits per heavy atom. The van der Waals surface area contributed by atoms with E-state index in [0.717, 1.165) is 10.3 Å². The van der Waals surface area contributed by atoms with Gasteiger partial charge in [0.05, 0.1) is 5.52 Å². The standard InChI is InChI=1S/C20H14N2O2/c23-19(14-7-3-1-4-8-14)16-11-12-18-17(13-16)21-20(22(18)24)15-9-5-2-6-10-15/h1-13,24H. The predicted molar refractivity (Wildman–Crippen MR) is 92.2 cm³/mol. The highest BCUT2D eigenvalue weighted by Crippen LogP contribution is 2.24. The molecular weight excluding hydrogens is 300 g/mol. The Balaban J connectivity index is 1.81. The molecule has 0 aliphatic heterocycles. The fraction of sp³-hybridized carbons (Fsp3) is 0. The molecule has 4 heteroatoms. The molecular formula is C20H14N2O2. The maximum Gasteiger partial charge on any atom is 0.193 e. The minimum Gasteiger partial charge on any atom is -0.426 e. The topological polar surface area (TPSA) is 55.1 Å². The van der Waals surface area contributed by atoms with Crippen molar-refractivity contribution < 1.29 is 10.0 Å². The van der Waals surface area contributed by atoms with Gasteiger partial charge in [-0.1, -0.05) is 60.7 Å². The number of carbonyl (C=O) groups is 1. The molecule has 0 saturated heterocycles. The Labute approximate surface area is 138 Å². The summed E-state index contributed by atoms with van der Waals surface area (Å²) in [6, 6.07) is 23.7. The van der Waals surface area contributed by atoms with E-state index in [1.807, 2.05) is 48.5 Å². The molecule has 0 atom stereocenters. The van der Waals surface area contributed by atoms with Crippen LogP contribution in [0.1, 0.15) is 15.9 Å². The van der Waals surface area contributed by atoms with Gasteiger partial charge in [-0.05, 0) is 18.2 Å². The van der Waals surface area contributed by atoms with Crippen LogP contribution in [-0.4, -0.2) is 20.7 Å². The van der Waals surface area contributed by atoms with Gasteiger partial charge in [0.15, 0.2) is 11.6 Å². The quantitative estimate of drug-likeness (QED) is 0.456. The minimum atomic E-state index is -0.0637. The molecule has 4 nitrogen and oxygen atoms in total. The third kappa shape index (κ3) is 2.34. The van der Waals surface area contributed by atoms with Crippen molar-refractivity contribution in [3.63, 3.8) is 0 Å². The molecule has 0 radical (unpaired) electrons. The molecule has 1 heterocycles. The molecule has 0 amide bonds. The molecule has 4 aromatic rings. The van der Waals surface area contributed by atoms with Crippen molar-refractivity contribution in [1.82, 2.24) is 9.71 Å². The molecule has 0 aliphatic rings. The van der Waals surface area contributed by atoms with Crippen molar-refractivity contribution in [2.24, 2.45) is 0 Å². The molecule has 3 aromatic carbocycles. The first-order chi connectivity index (χ1) is 11.7. The van der Waals surface area contributed by atoms with Gasteiger partial charge < -0.3 is 5.21 Å². The number of imidazole rings is 1. The highest BCUT2D eigenvalue weighted by Gasteiger charge is 2.15. The molecule has 0 unspecified atom stereocenters. The van der Waals surface area contributed by atoms with Crippen LogP contribution in [0.4, 0.5) is 0 Å². The Morgan fingerprint density at radius 2 is 1.50 bits per heavy atom. The first-order valence-corrected chi connectivity index (χ1v) is 7.61. The average molecular weight is 314 g/mol. The van der Waals surface area contributed by atoms with E-state index < -0.39 is 0 Å². The van der Waals surface area contributed by atoms with Gasteiger partial charge in [-0.15, -0.1) is 0 Å². The van der Waals surface area contributed by atoms with Crippen molar-refractivity contribution in [2.75, 3.05) is 0 Å². The normalized spacial score (nSPS) is 10.8. The Morgan fingerprint density at radius 3 is 2.21 bits per heavy atom. The summed E-state index contributed by atoms with van der Waals surface area (Å²) < 4.78 is 1.06. The zero-order valence-corrected chi connectivity index (χ0v) is 12.8. The highest BCUT2D eigenvalue weighted by molar-refractivity contribution is 6.10. The van der Waals surface area contributed by atoms with E-state index in [1.54, 1.807) is 30.3 Å². The first-order valence-electron chi connectivity index (χ1n) is 7.61. The highest BCUT2D eigenvalue weighted by atomic mass is 16.5. The van der Waals surface area contributed by atoms with E-state index in [0.29, 0.717) is 28.0 Å². The van der Waals surface area contributed by atoms with Crippen LogP contribution in [0, 0.1) is 0 Å². The van der Waals surface area contributed by atoms with Gasteiger partial charge in [-0.3, -0.25) is 4.79 Å². The number of benzene rings is 3. The van der Waals surface area contributed by atoms with E-state index in [2.05, 4.69) is 4.98 Å². The van der Waals surface area contributed by atoms with E-state index in [4.69, 9.17) is 0 Å². The Kier molecular flexibility index (Phi) is 3.35. The average Bonchev–Trinajstić information content (AvgIpc) is 2.99. The number of ketones is 1. The number of rotatable bonds is 3. The second kappa shape index (κ2) is 5.66. The maximum absolute atomic E-state index is 12.6. The Hall–Kier alpha value is -3.40. The molecule has 116 valence electrons. The third-order valence-corrected chi connectivity index (χ3v) is 3.96. The fourth-order valence-electron chi connectivity index (χ4n) is 2.74. The van der Waals surface area contributed by atoms with Gasteiger partial charge in [0.2, 0.25) is 0 Å². The van der Waals surface area contributed by atoms with Gasteiger partial charge in [0, 0.05) is 16.7 Å². The zero-order chi connectivity index (χ0) is 16.5. The largest absolute Gasteiger partial charge is 0.426 e. The summed E-state index contributed by atoms with van der Waals surface area (Å²) in [4.78, 5) is 17.0. The summed E-state index contributed by atoms with van der Waals surface area (Å²) in [6.07, 6.45) is 0. The van der Waals surface area contributed by atoms with Crippen LogP contribution in [0.2, 0.25) is 0 Å². The second-order valence-electron chi connectivity index (χ2n) is 5.51. The van der Waals surface area contributed by atoms with Crippen molar-refractivity contribution in [3.05, 3.63) is 90.0 Å². The zero-order valence-electron chi connectivity index (χ0n) is 12.8. The summed E-state index contributed by atoms with van der Waals surface area (Å²) >= 11 is 0. The smallest absolute Gasteiger partial charge is 0.193 e. The molecule has 1 aromatic heterocycles. The van der Waals surface area contributed by atoms with Gasteiger partial charge >= 0.3 is 0 Å². The number of nitrogens with zero attached hydrogens (tertiary/aromatic N) is 2. The molecule has 0 saturated carbocycles. The SMILES string of the molecule is O=C(c1ccccc1)c1ccc2c(c1)nc(-c1ccccc1)n2O. The van der Waals surface area contributed by atoms with Crippen LogP contribution in [0.3, 0.4) is 0 Å². The molecule has 0 spiro atoms. The van der Waals surface area contributed by atoms with E-state index >= 15 is 0 Å². The lowest BCUT2D eigenvalue weighted by atomic mass is 10.0. The van der Waals surface area contributed by atoms with Crippen LogP contribution < -0.4 is 0 Å². The molecule has 24 heavy (non-hydrogen) atoms. The number of carbonyl (C=O) groups excluding carboxylic acids is 1. The van der Waals surface area contributed by atoms with Crippen molar-refractivity contribution in [3.8, 4) is 11.4 Å². The molecule has 4 rings (SSSR count). The number of hydrogen-bond acceptors (Lipinski definition) is 3. The number of hydrogen-bond donors (Lipinski definition) is 1. The molecule has 0 bridgehead atoms. The van der Waals surface area contributed by atoms with Crippen LogP contribution >= 0.6 is 0 Å². The number of aromatic nitrogens is 2. The van der Waals surface area contributed by atoms with Crippen molar-refractivity contribution in [1.29, 1.82) is 0 Å². The Bertz CT molecular complexity index is 1020. The summed E-state index contributed by atoms with van der Waals surface area (Å²) in [6.45, 7) is 0. The van der Waals surface area contributed by atoms with Crippen LogP contribution in [-0.2, 0) is 0 Å². The monoisotopic (exact) mass is 314 g/mol. The lowest BCUT2D eigenvalue weighted by Gasteiger charge is -2.02. The van der Waals surface area contributed by atoms with Crippen molar-refractivity contribution >= 4 is 16.8 Å². The summed E-state index contributed by atoms with van der Waals surface area (Å²) in [5.74, 6) is 0.390. The predicted octanol–water partition coefficient (Wildman–Crippen LogP) is 4.17. The van der Waals surface area contributed by atoms with Gasteiger partial charge in [0.25, 0.3) is 0 Å². The summed E-state index contributed by atoms with van der Waals surface area (Å²) in [5, 5.41) is 10.4. The van der Waals surface area contributed by atoms with Gasteiger partial charge in [-0.25, -0.2) is 4.98 Å². The van der Waals surface area contributed by atoms with E-state index in [9.17, 15) is 10.0 Å². The summed E-state index contributed by atoms with van der Waals surface area (Å²) in [5.41, 5.74) is 3.14. The lowest BCUT2D eigenvalue weighted by molar-refractivity contribution is 0.103. The van der Waals surface area contributed by atoms with Gasteiger partial charge in [0.1, 0.15) is 5.52 Å². The van der Waals surface area contributed by atoms with Crippen LogP contribution in [0.15, 0.2) is 78.9 Å². The molecule has 0 fully saturated rings. The van der Waals surface area contributed by atoms with Crippen LogP contribution in [0.5, 0.6) is 0 Å². The lowest BCUT2D eigenvalue weighted by Crippen LogP contribution is -2.00. The molecule has 0 aliphatic carbocycles. The van der Waals surface area contributed by atoms with E-state index in [-0.39, 0.29) is 5.78 Å².